The van der Waals surface area contributed by atoms with Crippen LogP contribution in [0.4, 0.5) is 0 Å². The number of nitrogens with zero attached hydrogens (tertiary/aromatic N) is 2. The van der Waals surface area contributed by atoms with E-state index in [1.54, 1.807) is 0 Å². The number of benzene rings is 1. The normalized spacial score (nSPS) is 23.4. The van der Waals surface area contributed by atoms with Crippen LogP contribution in [-0.4, -0.2) is 55.6 Å². The van der Waals surface area contributed by atoms with Crippen LogP contribution in [0.1, 0.15) is 23.6 Å². The first-order valence-corrected chi connectivity index (χ1v) is 7.39. The van der Waals surface area contributed by atoms with E-state index in [0.717, 1.165) is 26.1 Å². The third kappa shape index (κ3) is 2.72. The Bertz CT molecular complexity index is 483. The van der Waals surface area contributed by atoms with E-state index in [9.17, 15) is 4.79 Å². The minimum absolute atomic E-state index is 0.218. The number of hydrogen-bond acceptors (Lipinski definition) is 3. The zero-order valence-corrected chi connectivity index (χ0v) is 12.0. The molecule has 0 saturated carbocycles. The highest BCUT2D eigenvalue weighted by atomic mass is 16.5. The Labute approximate surface area is 120 Å². The lowest BCUT2D eigenvalue weighted by atomic mass is 9.91. The second-order valence-electron chi connectivity index (χ2n) is 5.64. The Morgan fingerprint density at radius 1 is 1.25 bits per heavy atom. The van der Waals surface area contributed by atoms with Crippen molar-refractivity contribution < 1.29 is 9.53 Å². The molecule has 1 saturated heterocycles. The van der Waals surface area contributed by atoms with E-state index in [4.69, 9.17) is 4.74 Å². The first-order chi connectivity index (χ1) is 9.75. The maximum atomic E-state index is 12.5. The molecule has 1 aromatic rings. The van der Waals surface area contributed by atoms with E-state index < -0.39 is 0 Å². The molecular formula is C16H22N2O2. The predicted molar refractivity (Wildman–Crippen MR) is 77.5 cm³/mol. The largest absolute Gasteiger partial charge is 0.378 e. The van der Waals surface area contributed by atoms with Crippen molar-refractivity contribution in [3.8, 4) is 0 Å². The van der Waals surface area contributed by atoms with Crippen LogP contribution in [0.5, 0.6) is 0 Å². The molecule has 1 atom stereocenters. The minimum atomic E-state index is 0.218. The summed E-state index contributed by atoms with van der Waals surface area (Å²) < 4.78 is 5.31. The van der Waals surface area contributed by atoms with Gasteiger partial charge in [0.2, 0.25) is 5.91 Å². The van der Waals surface area contributed by atoms with E-state index in [2.05, 4.69) is 36.2 Å². The van der Waals surface area contributed by atoms with Crippen LogP contribution >= 0.6 is 0 Å². The van der Waals surface area contributed by atoms with Gasteiger partial charge in [0.05, 0.1) is 13.2 Å². The molecule has 1 amide bonds. The highest BCUT2D eigenvalue weighted by Crippen LogP contribution is 2.31. The van der Waals surface area contributed by atoms with Crippen molar-refractivity contribution in [1.29, 1.82) is 0 Å². The number of amides is 1. The molecule has 0 N–H and O–H groups in total. The molecule has 2 heterocycles. The van der Waals surface area contributed by atoms with Crippen molar-refractivity contribution in [2.75, 3.05) is 39.9 Å². The van der Waals surface area contributed by atoms with Crippen molar-refractivity contribution in [2.24, 2.45) is 0 Å². The molecule has 1 unspecified atom stereocenters. The molecule has 4 heteroatoms. The van der Waals surface area contributed by atoms with Gasteiger partial charge in [-0.1, -0.05) is 24.3 Å². The standard InChI is InChI=1S/C16H22N2O2/c1-17-7-6-13-4-2-3-5-14(13)15(17)12-16(19)18-8-10-20-11-9-18/h2-5,15H,6-12H2,1H3. The van der Waals surface area contributed by atoms with Crippen molar-refractivity contribution in [2.45, 2.75) is 18.9 Å². The predicted octanol–water partition coefficient (Wildman–Crippen LogP) is 1.46. The fourth-order valence-electron chi connectivity index (χ4n) is 3.15. The van der Waals surface area contributed by atoms with Gasteiger partial charge in [-0.2, -0.15) is 0 Å². The number of fused-ring (bicyclic) bond motifs is 1. The Morgan fingerprint density at radius 2 is 2.00 bits per heavy atom. The van der Waals surface area contributed by atoms with Crippen LogP contribution in [0.3, 0.4) is 0 Å². The molecule has 0 spiro atoms. The van der Waals surface area contributed by atoms with E-state index in [-0.39, 0.29) is 11.9 Å². The number of rotatable bonds is 2. The molecule has 0 aromatic heterocycles. The average molecular weight is 274 g/mol. The number of likely N-dealkylation sites (N-methyl/N-ethyl adjacent to an activating group) is 1. The molecule has 0 bridgehead atoms. The molecule has 0 radical (unpaired) electrons. The van der Waals surface area contributed by atoms with Crippen LogP contribution in [-0.2, 0) is 16.0 Å². The number of morpholine rings is 1. The number of hydrogen-bond donors (Lipinski definition) is 0. The molecule has 1 aromatic carbocycles. The fourth-order valence-corrected chi connectivity index (χ4v) is 3.15. The zero-order valence-electron chi connectivity index (χ0n) is 12.0. The van der Waals surface area contributed by atoms with E-state index in [1.165, 1.54) is 11.1 Å². The molecule has 1 fully saturated rings. The molecular weight excluding hydrogens is 252 g/mol. The van der Waals surface area contributed by atoms with Crippen LogP contribution < -0.4 is 0 Å². The van der Waals surface area contributed by atoms with Crippen molar-refractivity contribution in [1.82, 2.24) is 9.80 Å². The summed E-state index contributed by atoms with van der Waals surface area (Å²) >= 11 is 0. The molecule has 0 aliphatic carbocycles. The average Bonchev–Trinajstić information content (AvgIpc) is 2.51. The SMILES string of the molecule is CN1CCc2ccccc2C1CC(=O)N1CCOCC1. The second kappa shape index (κ2) is 5.94. The third-order valence-electron chi connectivity index (χ3n) is 4.41. The summed E-state index contributed by atoms with van der Waals surface area (Å²) in [6.07, 6.45) is 1.66. The highest BCUT2D eigenvalue weighted by molar-refractivity contribution is 5.77. The Hall–Kier alpha value is -1.39. The van der Waals surface area contributed by atoms with Gasteiger partial charge < -0.3 is 9.64 Å². The van der Waals surface area contributed by atoms with Crippen LogP contribution in [0.15, 0.2) is 24.3 Å². The van der Waals surface area contributed by atoms with Gasteiger partial charge in [0.1, 0.15) is 0 Å². The summed E-state index contributed by atoms with van der Waals surface area (Å²) in [5.74, 6) is 0.252. The fraction of sp³-hybridized carbons (Fsp3) is 0.562. The van der Waals surface area contributed by atoms with Gasteiger partial charge in [-0.25, -0.2) is 0 Å². The minimum Gasteiger partial charge on any atom is -0.378 e. The van der Waals surface area contributed by atoms with Crippen LogP contribution in [0, 0.1) is 0 Å². The molecule has 3 rings (SSSR count). The lowest BCUT2D eigenvalue weighted by Gasteiger charge is -2.36. The van der Waals surface area contributed by atoms with E-state index in [1.807, 2.05) is 4.90 Å². The third-order valence-corrected chi connectivity index (χ3v) is 4.41. The maximum Gasteiger partial charge on any atom is 0.224 e. The van der Waals surface area contributed by atoms with Crippen molar-refractivity contribution in [3.63, 3.8) is 0 Å². The Kier molecular flexibility index (Phi) is 4.03. The van der Waals surface area contributed by atoms with Gasteiger partial charge in [0.25, 0.3) is 0 Å². The molecule has 2 aliphatic heterocycles. The summed E-state index contributed by atoms with van der Waals surface area (Å²) in [5.41, 5.74) is 2.72. The summed E-state index contributed by atoms with van der Waals surface area (Å²) in [5, 5.41) is 0. The lowest BCUT2D eigenvalue weighted by molar-refractivity contribution is -0.136. The van der Waals surface area contributed by atoms with Gasteiger partial charge in [-0.05, 0) is 24.6 Å². The summed E-state index contributed by atoms with van der Waals surface area (Å²) in [7, 11) is 2.12. The molecule has 2 aliphatic rings. The number of carbonyl (C=O) groups excluding carboxylic acids is 1. The maximum absolute atomic E-state index is 12.5. The number of carbonyl (C=O) groups is 1. The van der Waals surface area contributed by atoms with Gasteiger partial charge >= 0.3 is 0 Å². The van der Waals surface area contributed by atoms with Gasteiger partial charge in [0, 0.05) is 32.1 Å². The van der Waals surface area contributed by atoms with Crippen molar-refractivity contribution >= 4 is 5.91 Å². The van der Waals surface area contributed by atoms with Crippen LogP contribution in [0.2, 0.25) is 0 Å². The van der Waals surface area contributed by atoms with Crippen LogP contribution in [0.25, 0.3) is 0 Å². The summed E-state index contributed by atoms with van der Waals surface area (Å²) in [4.78, 5) is 16.7. The quantitative estimate of drug-likeness (QED) is 0.818. The summed E-state index contributed by atoms with van der Waals surface area (Å²) in [6, 6.07) is 8.74. The summed E-state index contributed by atoms with van der Waals surface area (Å²) in [6.45, 7) is 3.83. The van der Waals surface area contributed by atoms with E-state index in [0.29, 0.717) is 19.6 Å². The molecule has 4 nitrogen and oxygen atoms in total. The molecule has 108 valence electrons. The first-order valence-electron chi connectivity index (χ1n) is 7.39. The van der Waals surface area contributed by atoms with Gasteiger partial charge in [-0.3, -0.25) is 9.69 Å². The monoisotopic (exact) mass is 274 g/mol. The van der Waals surface area contributed by atoms with Gasteiger partial charge in [-0.15, -0.1) is 0 Å². The second-order valence-corrected chi connectivity index (χ2v) is 5.64. The smallest absolute Gasteiger partial charge is 0.224 e. The van der Waals surface area contributed by atoms with E-state index >= 15 is 0 Å². The van der Waals surface area contributed by atoms with Crippen molar-refractivity contribution in [3.05, 3.63) is 35.4 Å². The Balaban J connectivity index is 1.74. The Morgan fingerprint density at radius 3 is 2.80 bits per heavy atom. The lowest BCUT2D eigenvalue weighted by Crippen LogP contribution is -2.43. The highest BCUT2D eigenvalue weighted by Gasteiger charge is 2.28. The zero-order chi connectivity index (χ0) is 13.9. The van der Waals surface area contributed by atoms with Gasteiger partial charge in [0.15, 0.2) is 0 Å². The molecule has 20 heavy (non-hydrogen) atoms. The number of ether oxygens (including phenoxy) is 1. The topological polar surface area (TPSA) is 32.8 Å². The first kappa shape index (κ1) is 13.6.